The number of alkyl halides is 3. The van der Waals surface area contributed by atoms with E-state index in [1.165, 1.54) is 12.3 Å². The van der Waals surface area contributed by atoms with Crippen LogP contribution < -0.4 is 11.5 Å². The lowest BCUT2D eigenvalue weighted by Gasteiger charge is -2.08. The largest absolute Gasteiger partial charge is 0.433 e. The third kappa shape index (κ3) is 2.61. The first-order valence-corrected chi connectivity index (χ1v) is 4.85. The SMILES string of the molecule is NC(=O)c1ccn(-c2cc(C(F)(F)F)nc(N)n2)n1. The highest BCUT2D eigenvalue weighted by Gasteiger charge is 2.33. The first-order chi connectivity index (χ1) is 8.77. The molecule has 2 aromatic heterocycles. The fourth-order valence-electron chi connectivity index (χ4n) is 1.30. The second-order valence-corrected chi connectivity index (χ2v) is 3.48. The molecule has 2 rings (SSSR count). The van der Waals surface area contributed by atoms with E-state index >= 15 is 0 Å². The van der Waals surface area contributed by atoms with Crippen molar-refractivity contribution in [2.75, 3.05) is 5.73 Å². The summed E-state index contributed by atoms with van der Waals surface area (Å²) in [5.74, 6) is -1.58. The van der Waals surface area contributed by atoms with Gasteiger partial charge in [0.1, 0.15) is 5.69 Å². The van der Waals surface area contributed by atoms with E-state index in [1.54, 1.807) is 0 Å². The molecule has 100 valence electrons. The minimum Gasteiger partial charge on any atom is -0.368 e. The number of anilines is 1. The molecule has 0 atom stereocenters. The van der Waals surface area contributed by atoms with Crippen molar-refractivity contribution < 1.29 is 18.0 Å². The summed E-state index contributed by atoms with van der Waals surface area (Å²) in [6, 6.07) is 1.90. The monoisotopic (exact) mass is 272 g/mol. The first kappa shape index (κ1) is 12.8. The van der Waals surface area contributed by atoms with E-state index in [1.807, 2.05) is 0 Å². The van der Waals surface area contributed by atoms with Crippen LogP contribution in [0.4, 0.5) is 19.1 Å². The Bertz CT molecular complexity index is 635. The predicted molar refractivity (Wildman–Crippen MR) is 57.1 cm³/mol. The van der Waals surface area contributed by atoms with Crippen molar-refractivity contribution in [2.45, 2.75) is 6.18 Å². The number of nitrogens with zero attached hydrogens (tertiary/aromatic N) is 4. The number of primary amides is 1. The number of aromatic nitrogens is 4. The average Bonchev–Trinajstić information content (AvgIpc) is 2.76. The number of carbonyl (C=O) groups is 1. The van der Waals surface area contributed by atoms with Gasteiger partial charge in [-0.05, 0) is 6.07 Å². The van der Waals surface area contributed by atoms with E-state index in [0.29, 0.717) is 6.07 Å². The number of hydrogen-bond donors (Lipinski definition) is 2. The molecular weight excluding hydrogens is 265 g/mol. The van der Waals surface area contributed by atoms with Gasteiger partial charge in [-0.2, -0.15) is 23.3 Å². The van der Waals surface area contributed by atoms with Gasteiger partial charge >= 0.3 is 6.18 Å². The molecule has 0 spiro atoms. The maximum atomic E-state index is 12.5. The standard InChI is InChI=1S/C9H7F3N6O/c10-9(11,12)5-3-6(16-8(14)15-5)18-2-1-4(17-18)7(13)19/h1-3H,(H2,13,19)(H2,14,15,16). The summed E-state index contributed by atoms with van der Waals surface area (Å²) in [4.78, 5) is 17.5. The van der Waals surface area contributed by atoms with Crippen molar-refractivity contribution in [2.24, 2.45) is 5.73 Å². The second kappa shape index (κ2) is 4.23. The van der Waals surface area contributed by atoms with Crippen LogP contribution >= 0.6 is 0 Å². The number of nitrogens with two attached hydrogens (primary N) is 2. The molecule has 0 aliphatic rings. The summed E-state index contributed by atoms with van der Waals surface area (Å²) >= 11 is 0. The highest BCUT2D eigenvalue weighted by molar-refractivity contribution is 5.90. The molecule has 0 saturated carbocycles. The van der Waals surface area contributed by atoms with E-state index in [-0.39, 0.29) is 11.5 Å². The average molecular weight is 272 g/mol. The van der Waals surface area contributed by atoms with Gasteiger partial charge in [-0.1, -0.05) is 0 Å². The number of carbonyl (C=O) groups excluding carboxylic acids is 1. The minimum absolute atomic E-state index is 0.106. The van der Waals surface area contributed by atoms with Crippen LogP contribution in [0.25, 0.3) is 5.82 Å². The number of rotatable bonds is 2. The summed E-state index contributed by atoms with van der Waals surface area (Å²) in [6.07, 6.45) is -3.42. The van der Waals surface area contributed by atoms with Crippen molar-refractivity contribution in [1.82, 2.24) is 19.7 Å². The molecule has 0 radical (unpaired) electrons. The molecule has 19 heavy (non-hydrogen) atoms. The van der Waals surface area contributed by atoms with Crippen molar-refractivity contribution in [3.05, 3.63) is 29.7 Å². The molecule has 2 aromatic rings. The molecule has 0 aliphatic heterocycles. The fourth-order valence-corrected chi connectivity index (χ4v) is 1.30. The maximum Gasteiger partial charge on any atom is 0.433 e. The van der Waals surface area contributed by atoms with Gasteiger partial charge in [0.2, 0.25) is 5.95 Å². The zero-order valence-corrected chi connectivity index (χ0v) is 9.22. The van der Waals surface area contributed by atoms with Crippen LogP contribution in [0.2, 0.25) is 0 Å². The molecule has 0 aliphatic carbocycles. The number of nitrogen functional groups attached to an aromatic ring is 1. The van der Waals surface area contributed by atoms with Crippen LogP contribution in [0.1, 0.15) is 16.2 Å². The summed E-state index contributed by atoms with van der Waals surface area (Å²) < 4.78 is 38.6. The molecule has 7 nitrogen and oxygen atoms in total. The molecule has 0 fully saturated rings. The van der Waals surface area contributed by atoms with Crippen molar-refractivity contribution in [3.8, 4) is 5.82 Å². The summed E-state index contributed by atoms with van der Waals surface area (Å²) in [6.45, 7) is 0. The molecular formula is C9H7F3N6O. The Balaban J connectivity index is 2.50. The number of hydrogen-bond acceptors (Lipinski definition) is 5. The van der Waals surface area contributed by atoms with Crippen molar-refractivity contribution in [3.63, 3.8) is 0 Å². The minimum atomic E-state index is -4.66. The Morgan fingerprint density at radius 3 is 2.53 bits per heavy atom. The predicted octanol–water partition coefficient (Wildman–Crippen LogP) is 0.362. The lowest BCUT2D eigenvalue weighted by atomic mass is 10.4. The molecule has 0 bridgehead atoms. The van der Waals surface area contributed by atoms with Crippen LogP contribution in [0.3, 0.4) is 0 Å². The van der Waals surface area contributed by atoms with Gasteiger partial charge in [-0.15, -0.1) is 0 Å². The Morgan fingerprint density at radius 1 is 1.32 bits per heavy atom. The van der Waals surface area contributed by atoms with Gasteiger partial charge in [-0.3, -0.25) is 4.79 Å². The lowest BCUT2D eigenvalue weighted by Crippen LogP contribution is -2.14. The van der Waals surface area contributed by atoms with Crippen molar-refractivity contribution >= 4 is 11.9 Å². The van der Waals surface area contributed by atoms with E-state index in [9.17, 15) is 18.0 Å². The van der Waals surface area contributed by atoms with Gasteiger partial charge in [0, 0.05) is 12.3 Å². The molecule has 2 heterocycles. The molecule has 0 unspecified atom stereocenters. The summed E-state index contributed by atoms with van der Waals surface area (Å²) in [7, 11) is 0. The van der Waals surface area contributed by atoms with Gasteiger partial charge in [0.25, 0.3) is 5.91 Å². The van der Waals surface area contributed by atoms with E-state index in [0.717, 1.165) is 4.68 Å². The Kier molecular flexibility index (Phi) is 2.85. The quantitative estimate of drug-likeness (QED) is 0.819. The van der Waals surface area contributed by atoms with Crippen molar-refractivity contribution in [1.29, 1.82) is 0 Å². The van der Waals surface area contributed by atoms with E-state index < -0.39 is 23.7 Å². The first-order valence-electron chi connectivity index (χ1n) is 4.85. The highest BCUT2D eigenvalue weighted by Crippen LogP contribution is 2.28. The molecule has 0 aromatic carbocycles. The normalized spacial score (nSPS) is 11.5. The topological polar surface area (TPSA) is 113 Å². The summed E-state index contributed by atoms with van der Waals surface area (Å²) in [5, 5.41) is 3.67. The van der Waals surface area contributed by atoms with Crippen LogP contribution in [0.15, 0.2) is 18.3 Å². The van der Waals surface area contributed by atoms with Crippen LogP contribution in [0, 0.1) is 0 Å². The van der Waals surface area contributed by atoms with Gasteiger partial charge in [0.15, 0.2) is 11.5 Å². The molecule has 4 N–H and O–H groups in total. The number of amides is 1. The zero-order valence-electron chi connectivity index (χ0n) is 9.22. The Labute approximate surface area is 104 Å². The Hall–Kier alpha value is -2.65. The maximum absolute atomic E-state index is 12.5. The van der Waals surface area contributed by atoms with E-state index in [2.05, 4.69) is 15.1 Å². The lowest BCUT2D eigenvalue weighted by molar-refractivity contribution is -0.141. The van der Waals surface area contributed by atoms with Gasteiger partial charge in [-0.25, -0.2) is 9.67 Å². The molecule has 0 saturated heterocycles. The highest BCUT2D eigenvalue weighted by atomic mass is 19.4. The van der Waals surface area contributed by atoms with Gasteiger partial charge in [0.05, 0.1) is 0 Å². The smallest absolute Gasteiger partial charge is 0.368 e. The van der Waals surface area contributed by atoms with Crippen LogP contribution in [-0.4, -0.2) is 25.7 Å². The molecule has 1 amide bonds. The molecule has 10 heteroatoms. The third-order valence-electron chi connectivity index (χ3n) is 2.10. The zero-order chi connectivity index (χ0) is 14.2. The Morgan fingerprint density at radius 2 is 2.00 bits per heavy atom. The number of halogens is 3. The van der Waals surface area contributed by atoms with E-state index in [4.69, 9.17) is 11.5 Å². The van der Waals surface area contributed by atoms with Crippen LogP contribution in [-0.2, 0) is 6.18 Å². The summed E-state index contributed by atoms with van der Waals surface area (Å²) in [5.41, 5.74) is 8.88. The van der Waals surface area contributed by atoms with Gasteiger partial charge < -0.3 is 11.5 Å². The van der Waals surface area contributed by atoms with Crippen LogP contribution in [0.5, 0.6) is 0 Å². The second-order valence-electron chi connectivity index (χ2n) is 3.48. The fraction of sp³-hybridized carbons (Fsp3) is 0.111. The third-order valence-corrected chi connectivity index (χ3v) is 2.10.